The van der Waals surface area contributed by atoms with Crippen LogP contribution in [-0.4, -0.2) is 22.0 Å². The highest BCUT2D eigenvalue weighted by Crippen LogP contribution is 2.37. The van der Waals surface area contributed by atoms with Crippen LogP contribution in [0.5, 0.6) is 5.88 Å². The lowest BCUT2D eigenvalue weighted by Crippen LogP contribution is -2.06. The van der Waals surface area contributed by atoms with Crippen LogP contribution in [0.15, 0.2) is 16.6 Å². The summed E-state index contributed by atoms with van der Waals surface area (Å²) in [5, 5.41) is 14.5. The monoisotopic (exact) mass is 362 g/mol. The minimum atomic E-state index is -1.20. The maximum Gasteiger partial charge on any atom is 0.217 e. The molecule has 0 aliphatic rings. The maximum absolute atomic E-state index is 14.2. The van der Waals surface area contributed by atoms with Crippen LogP contribution in [0.4, 0.5) is 4.39 Å². The summed E-state index contributed by atoms with van der Waals surface area (Å²) in [6.07, 6.45) is -1.20. The number of halogens is 3. The van der Waals surface area contributed by atoms with Crippen molar-refractivity contribution in [3.63, 3.8) is 0 Å². The SMILES string of the molecule is COc1c(C(O)c2ccc(Br)c(Cl)c2F)c(C)nn1C. The molecule has 4 nitrogen and oxygen atoms in total. The summed E-state index contributed by atoms with van der Waals surface area (Å²) in [7, 11) is 3.16. The molecule has 1 atom stereocenters. The van der Waals surface area contributed by atoms with Crippen molar-refractivity contribution >= 4 is 27.5 Å². The van der Waals surface area contributed by atoms with Crippen molar-refractivity contribution in [3.8, 4) is 5.88 Å². The van der Waals surface area contributed by atoms with E-state index in [-0.39, 0.29) is 10.6 Å². The zero-order chi connectivity index (χ0) is 15.0. The lowest BCUT2D eigenvalue weighted by Gasteiger charge is -2.14. The smallest absolute Gasteiger partial charge is 0.217 e. The maximum atomic E-state index is 14.2. The molecule has 1 N–H and O–H groups in total. The Morgan fingerprint density at radius 3 is 2.75 bits per heavy atom. The Bertz CT molecular complexity index is 660. The zero-order valence-electron chi connectivity index (χ0n) is 11.1. The lowest BCUT2D eigenvalue weighted by molar-refractivity contribution is 0.208. The van der Waals surface area contributed by atoms with Gasteiger partial charge in [-0.3, -0.25) is 0 Å². The number of methoxy groups -OCH3 is 1. The predicted octanol–water partition coefficient (Wildman–Crippen LogP) is 3.37. The summed E-state index contributed by atoms with van der Waals surface area (Å²) in [5.74, 6) is -0.285. The summed E-state index contributed by atoms with van der Waals surface area (Å²) >= 11 is 8.99. The van der Waals surface area contributed by atoms with Crippen LogP contribution in [0.3, 0.4) is 0 Å². The Labute approximate surface area is 129 Å². The van der Waals surface area contributed by atoms with E-state index >= 15 is 0 Å². The molecule has 0 bridgehead atoms. The van der Waals surface area contributed by atoms with Crippen LogP contribution >= 0.6 is 27.5 Å². The number of nitrogens with zero attached hydrogens (tertiary/aromatic N) is 2. The molecule has 0 saturated heterocycles. The van der Waals surface area contributed by atoms with Crippen molar-refractivity contribution in [1.82, 2.24) is 9.78 Å². The highest BCUT2D eigenvalue weighted by atomic mass is 79.9. The number of aromatic nitrogens is 2. The van der Waals surface area contributed by atoms with Gasteiger partial charge in [0.25, 0.3) is 0 Å². The fourth-order valence-electron chi connectivity index (χ4n) is 2.12. The first-order valence-corrected chi connectivity index (χ1v) is 6.94. The van der Waals surface area contributed by atoms with Gasteiger partial charge < -0.3 is 9.84 Å². The number of aliphatic hydroxyl groups is 1. The fourth-order valence-corrected chi connectivity index (χ4v) is 2.60. The van der Waals surface area contributed by atoms with E-state index in [2.05, 4.69) is 21.0 Å². The molecule has 2 aromatic rings. The summed E-state index contributed by atoms with van der Waals surface area (Å²) in [6, 6.07) is 3.06. The van der Waals surface area contributed by atoms with Crippen LogP contribution in [0.2, 0.25) is 5.02 Å². The first-order chi connectivity index (χ1) is 9.38. The predicted molar refractivity (Wildman–Crippen MR) is 77.7 cm³/mol. The van der Waals surface area contributed by atoms with Crippen molar-refractivity contribution in [2.75, 3.05) is 7.11 Å². The molecule has 2 rings (SSSR count). The largest absolute Gasteiger partial charge is 0.481 e. The average molecular weight is 364 g/mol. The quantitative estimate of drug-likeness (QED) is 0.851. The Morgan fingerprint density at radius 2 is 2.15 bits per heavy atom. The Morgan fingerprint density at radius 1 is 1.50 bits per heavy atom. The molecular formula is C13H13BrClFN2O2. The third-order valence-corrected chi connectivity index (χ3v) is 4.30. The fraction of sp³-hybridized carbons (Fsp3) is 0.308. The minimum Gasteiger partial charge on any atom is -0.481 e. The average Bonchev–Trinajstić information content (AvgIpc) is 2.69. The highest BCUT2D eigenvalue weighted by Gasteiger charge is 2.26. The second kappa shape index (κ2) is 5.71. The van der Waals surface area contributed by atoms with Gasteiger partial charge in [0, 0.05) is 17.1 Å². The van der Waals surface area contributed by atoms with E-state index in [1.54, 1.807) is 20.0 Å². The molecule has 1 aromatic heterocycles. The first kappa shape index (κ1) is 15.3. The Balaban J connectivity index is 2.58. The Kier molecular flexibility index (Phi) is 4.36. The number of hydrogen-bond acceptors (Lipinski definition) is 3. The molecule has 108 valence electrons. The molecule has 7 heteroatoms. The van der Waals surface area contributed by atoms with E-state index in [1.165, 1.54) is 17.9 Å². The van der Waals surface area contributed by atoms with Crippen LogP contribution in [-0.2, 0) is 7.05 Å². The van der Waals surface area contributed by atoms with E-state index in [0.29, 0.717) is 21.6 Å². The molecule has 0 aliphatic carbocycles. The van der Waals surface area contributed by atoms with Crippen molar-refractivity contribution in [3.05, 3.63) is 44.3 Å². The molecule has 0 spiro atoms. The van der Waals surface area contributed by atoms with Gasteiger partial charge in [-0.25, -0.2) is 9.07 Å². The normalized spacial score (nSPS) is 12.6. The standard InChI is InChI=1S/C13H13BrClFN2O2/c1-6-9(13(20-3)18(2)17-6)12(19)7-4-5-8(14)10(15)11(7)16/h4-5,12,19H,1-3H3. The molecule has 0 saturated carbocycles. The van der Waals surface area contributed by atoms with Gasteiger partial charge in [-0.15, -0.1) is 0 Å². The number of benzene rings is 1. The van der Waals surface area contributed by atoms with Gasteiger partial charge in [0.2, 0.25) is 5.88 Å². The zero-order valence-corrected chi connectivity index (χ0v) is 13.5. The second-order valence-electron chi connectivity index (χ2n) is 4.30. The summed E-state index contributed by atoms with van der Waals surface area (Å²) in [5.41, 5.74) is 1.06. The highest BCUT2D eigenvalue weighted by molar-refractivity contribution is 9.10. The molecule has 0 fully saturated rings. The van der Waals surface area contributed by atoms with Gasteiger partial charge in [0.1, 0.15) is 11.9 Å². The number of ether oxygens (including phenoxy) is 1. The van der Waals surface area contributed by atoms with Gasteiger partial charge in [-0.05, 0) is 28.9 Å². The Hall–Kier alpha value is -1.11. The molecule has 20 heavy (non-hydrogen) atoms. The molecule has 1 unspecified atom stereocenters. The van der Waals surface area contributed by atoms with Gasteiger partial charge in [-0.1, -0.05) is 17.7 Å². The van der Waals surface area contributed by atoms with Crippen LogP contribution in [0, 0.1) is 12.7 Å². The third kappa shape index (κ3) is 2.43. The van der Waals surface area contributed by atoms with E-state index in [1.807, 2.05) is 0 Å². The van der Waals surface area contributed by atoms with Gasteiger partial charge in [0.05, 0.1) is 23.4 Å². The second-order valence-corrected chi connectivity index (χ2v) is 5.53. The van der Waals surface area contributed by atoms with Crippen LogP contribution in [0.1, 0.15) is 22.9 Å². The molecule has 0 amide bonds. The number of aliphatic hydroxyl groups excluding tert-OH is 1. The van der Waals surface area contributed by atoms with Crippen LogP contribution in [0.25, 0.3) is 0 Å². The van der Waals surface area contributed by atoms with Crippen molar-refractivity contribution < 1.29 is 14.2 Å². The van der Waals surface area contributed by atoms with Gasteiger partial charge in [-0.2, -0.15) is 5.10 Å². The summed E-state index contributed by atoms with van der Waals surface area (Å²) in [6.45, 7) is 1.72. The summed E-state index contributed by atoms with van der Waals surface area (Å²) < 4.78 is 21.3. The lowest BCUT2D eigenvalue weighted by atomic mass is 10.0. The van der Waals surface area contributed by atoms with E-state index in [0.717, 1.165) is 0 Å². The topological polar surface area (TPSA) is 47.3 Å². The molecule has 0 radical (unpaired) electrons. The number of rotatable bonds is 3. The van der Waals surface area contributed by atoms with Gasteiger partial charge >= 0.3 is 0 Å². The third-order valence-electron chi connectivity index (χ3n) is 3.04. The minimum absolute atomic E-state index is 0.0675. The summed E-state index contributed by atoms with van der Waals surface area (Å²) in [4.78, 5) is 0. The molecule has 1 aromatic carbocycles. The molecule has 1 heterocycles. The molecular weight excluding hydrogens is 351 g/mol. The number of aryl methyl sites for hydroxylation is 2. The van der Waals surface area contributed by atoms with Crippen molar-refractivity contribution in [1.29, 1.82) is 0 Å². The first-order valence-electron chi connectivity index (χ1n) is 5.77. The van der Waals surface area contributed by atoms with Crippen LogP contribution < -0.4 is 4.74 Å². The number of hydrogen-bond donors (Lipinski definition) is 1. The van der Waals surface area contributed by atoms with Gasteiger partial charge in [0.15, 0.2) is 0 Å². The van der Waals surface area contributed by atoms with Crippen molar-refractivity contribution in [2.24, 2.45) is 7.05 Å². The van der Waals surface area contributed by atoms with E-state index in [9.17, 15) is 9.50 Å². The van der Waals surface area contributed by atoms with E-state index in [4.69, 9.17) is 16.3 Å². The van der Waals surface area contributed by atoms with Crippen molar-refractivity contribution in [2.45, 2.75) is 13.0 Å². The molecule has 0 aliphatic heterocycles. The van der Waals surface area contributed by atoms with E-state index < -0.39 is 11.9 Å².